The topological polar surface area (TPSA) is 66.0 Å². The molecule has 0 atom stereocenters. The highest BCUT2D eigenvalue weighted by molar-refractivity contribution is 5.79. The molecule has 0 spiro atoms. The van der Waals surface area contributed by atoms with Crippen LogP contribution in [-0.2, 0) is 17.8 Å². The molecule has 0 aromatic heterocycles. The van der Waals surface area contributed by atoms with Crippen LogP contribution in [0, 0.1) is 6.92 Å². The van der Waals surface area contributed by atoms with Crippen LogP contribution in [0.5, 0.6) is 23.0 Å². The summed E-state index contributed by atoms with van der Waals surface area (Å²) in [7, 11) is 3.20. The molecule has 0 saturated heterocycles. The number of rotatable bonds is 6. The molecule has 3 rings (SSSR count). The number of fused-ring (bicyclic) bond motifs is 1. The molecular weight excluding hydrogens is 322 g/mol. The number of amides is 1. The molecule has 0 bridgehead atoms. The molecule has 1 aliphatic heterocycles. The maximum atomic E-state index is 12.3. The minimum atomic E-state index is -0.0828. The lowest BCUT2D eigenvalue weighted by atomic mass is 10.1. The van der Waals surface area contributed by atoms with Crippen LogP contribution in [0.15, 0.2) is 30.3 Å². The Hall–Kier alpha value is -2.89. The van der Waals surface area contributed by atoms with Crippen molar-refractivity contribution < 1.29 is 23.7 Å². The third kappa shape index (κ3) is 3.63. The fourth-order valence-electron chi connectivity index (χ4n) is 2.86. The van der Waals surface area contributed by atoms with E-state index in [1.165, 1.54) is 0 Å². The second-order valence-electron chi connectivity index (χ2n) is 5.73. The molecule has 25 heavy (non-hydrogen) atoms. The van der Waals surface area contributed by atoms with Crippen LogP contribution in [0.2, 0.25) is 0 Å². The van der Waals surface area contributed by atoms with Crippen molar-refractivity contribution in [3.8, 4) is 23.0 Å². The minimum Gasteiger partial charge on any atom is -0.496 e. The molecule has 0 unspecified atom stereocenters. The number of carbonyl (C=O) groups excluding carboxylic acids is 1. The molecule has 6 heteroatoms. The third-order valence-electron chi connectivity index (χ3n) is 4.14. The summed E-state index contributed by atoms with van der Waals surface area (Å²) in [5, 5.41) is 2.92. The van der Waals surface area contributed by atoms with E-state index in [0.717, 1.165) is 28.2 Å². The summed E-state index contributed by atoms with van der Waals surface area (Å²) in [4.78, 5) is 12.3. The molecule has 2 aromatic rings. The van der Waals surface area contributed by atoms with E-state index in [1.807, 2.05) is 37.3 Å². The van der Waals surface area contributed by atoms with Gasteiger partial charge in [0.1, 0.15) is 11.5 Å². The molecule has 0 radical (unpaired) electrons. The summed E-state index contributed by atoms with van der Waals surface area (Å²) in [5.41, 5.74) is 2.66. The van der Waals surface area contributed by atoms with Gasteiger partial charge in [0.2, 0.25) is 12.7 Å². The van der Waals surface area contributed by atoms with Gasteiger partial charge in [0.05, 0.1) is 20.6 Å². The molecule has 0 saturated carbocycles. The molecular formula is C19H21NO5. The van der Waals surface area contributed by atoms with Crippen molar-refractivity contribution in [3.05, 3.63) is 47.0 Å². The zero-order chi connectivity index (χ0) is 17.8. The largest absolute Gasteiger partial charge is 0.496 e. The average Bonchev–Trinajstić information content (AvgIpc) is 3.08. The molecule has 6 nitrogen and oxygen atoms in total. The van der Waals surface area contributed by atoms with Gasteiger partial charge in [-0.1, -0.05) is 12.1 Å². The zero-order valence-corrected chi connectivity index (χ0v) is 14.5. The van der Waals surface area contributed by atoms with Gasteiger partial charge in [0, 0.05) is 17.7 Å². The molecule has 0 aliphatic carbocycles. The lowest BCUT2D eigenvalue weighted by Crippen LogP contribution is -2.24. The maximum Gasteiger partial charge on any atom is 0.231 e. The Morgan fingerprint density at radius 3 is 2.68 bits per heavy atom. The number of benzene rings is 2. The predicted molar refractivity (Wildman–Crippen MR) is 92.4 cm³/mol. The normalized spacial score (nSPS) is 12.0. The standard InChI is InChI=1S/C19H21NO5/c1-12-15(22-2)7-5-14(19(12)23-3)9-18(21)20-10-13-4-6-16-17(8-13)25-11-24-16/h4-8H,9-11H2,1-3H3,(H,20,21). The number of carbonyl (C=O) groups is 1. The van der Waals surface area contributed by atoms with Crippen LogP contribution in [-0.4, -0.2) is 26.9 Å². The Labute approximate surface area is 146 Å². The number of ether oxygens (including phenoxy) is 4. The summed E-state index contributed by atoms with van der Waals surface area (Å²) in [6.45, 7) is 2.57. The van der Waals surface area contributed by atoms with Crippen molar-refractivity contribution in [2.45, 2.75) is 19.9 Å². The van der Waals surface area contributed by atoms with Crippen molar-refractivity contribution >= 4 is 5.91 Å². The van der Waals surface area contributed by atoms with E-state index in [-0.39, 0.29) is 19.1 Å². The van der Waals surface area contributed by atoms with Gasteiger partial charge in [-0.2, -0.15) is 0 Å². The van der Waals surface area contributed by atoms with Crippen molar-refractivity contribution in [3.63, 3.8) is 0 Å². The quantitative estimate of drug-likeness (QED) is 0.873. The van der Waals surface area contributed by atoms with Crippen LogP contribution in [0.4, 0.5) is 0 Å². The number of hydrogen-bond donors (Lipinski definition) is 1. The van der Waals surface area contributed by atoms with E-state index < -0.39 is 0 Å². The van der Waals surface area contributed by atoms with Gasteiger partial charge in [-0.05, 0) is 30.7 Å². The number of hydrogen-bond acceptors (Lipinski definition) is 5. The van der Waals surface area contributed by atoms with Gasteiger partial charge in [-0.15, -0.1) is 0 Å². The Kier molecular flexibility index (Phi) is 4.97. The monoisotopic (exact) mass is 343 g/mol. The SMILES string of the molecule is COc1ccc(CC(=O)NCc2ccc3c(c2)OCO3)c(OC)c1C. The van der Waals surface area contributed by atoms with Crippen LogP contribution < -0.4 is 24.3 Å². The Bertz CT molecular complexity index is 788. The van der Waals surface area contributed by atoms with Crippen LogP contribution in [0.25, 0.3) is 0 Å². The fourth-order valence-corrected chi connectivity index (χ4v) is 2.86. The van der Waals surface area contributed by atoms with E-state index in [4.69, 9.17) is 18.9 Å². The van der Waals surface area contributed by atoms with E-state index in [1.54, 1.807) is 14.2 Å². The summed E-state index contributed by atoms with van der Waals surface area (Å²) in [6.07, 6.45) is 0.235. The maximum absolute atomic E-state index is 12.3. The highest BCUT2D eigenvalue weighted by atomic mass is 16.7. The van der Waals surface area contributed by atoms with Crippen molar-refractivity contribution in [2.24, 2.45) is 0 Å². The minimum absolute atomic E-state index is 0.0828. The molecule has 1 heterocycles. The Morgan fingerprint density at radius 2 is 1.92 bits per heavy atom. The first-order valence-corrected chi connectivity index (χ1v) is 7.98. The van der Waals surface area contributed by atoms with Gasteiger partial charge in [0.15, 0.2) is 11.5 Å². The highest BCUT2D eigenvalue weighted by Crippen LogP contribution is 2.33. The zero-order valence-electron chi connectivity index (χ0n) is 14.5. The second-order valence-corrected chi connectivity index (χ2v) is 5.73. The molecule has 1 aliphatic rings. The number of nitrogens with one attached hydrogen (secondary N) is 1. The van der Waals surface area contributed by atoms with Crippen LogP contribution in [0.3, 0.4) is 0 Å². The second kappa shape index (κ2) is 7.34. The van der Waals surface area contributed by atoms with Crippen molar-refractivity contribution in [1.29, 1.82) is 0 Å². The molecule has 132 valence electrons. The van der Waals surface area contributed by atoms with E-state index in [2.05, 4.69) is 5.32 Å². The Balaban J connectivity index is 1.64. The smallest absolute Gasteiger partial charge is 0.231 e. The van der Waals surface area contributed by atoms with Gasteiger partial charge in [-0.25, -0.2) is 0 Å². The predicted octanol–water partition coefficient (Wildman–Crippen LogP) is 2.60. The summed E-state index contributed by atoms with van der Waals surface area (Å²) in [6, 6.07) is 9.33. The Morgan fingerprint density at radius 1 is 1.12 bits per heavy atom. The summed E-state index contributed by atoms with van der Waals surface area (Å²) < 4.78 is 21.4. The van der Waals surface area contributed by atoms with E-state index in [9.17, 15) is 4.79 Å². The highest BCUT2D eigenvalue weighted by Gasteiger charge is 2.15. The first-order chi connectivity index (χ1) is 12.1. The molecule has 0 fully saturated rings. The molecule has 1 amide bonds. The van der Waals surface area contributed by atoms with E-state index >= 15 is 0 Å². The van der Waals surface area contributed by atoms with E-state index in [0.29, 0.717) is 18.0 Å². The molecule has 1 N–H and O–H groups in total. The molecule has 2 aromatic carbocycles. The third-order valence-corrected chi connectivity index (χ3v) is 4.14. The fraction of sp³-hybridized carbons (Fsp3) is 0.316. The van der Waals surface area contributed by atoms with Crippen LogP contribution in [0.1, 0.15) is 16.7 Å². The van der Waals surface area contributed by atoms with Gasteiger partial charge in [-0.3, -0.25) is 4.79 Å². The van der Waals surface area contributed by atoms with Gasteiger partial charge in [0.25, 0.3) is 0 Å². The lowest BCUT2D eigenvalue weighted by Gasteiger charge is -2.14. The first kappa shape index (κ1) is 17.0. The number of methoxy groups -OCH3 is 2. The summed E-state index contributed by atoms with van der Waals surface area (Å²) >= 11 is 0. The van der Waals surface area contributed by atoms with Gasteiger partial charge < -0.3 is 24.3 Å². The van der Waals surface area contributed by atoms with Crippen molar-refractivity contribution in [1.82, 2.24) is 5.32 Å². The lowest BCUT2D eigenvalue weighted by molar-refractivity contribution is -0.120. The van der Waals surface area contributed by atoms with Crippen LogP contribution >= 0.6 is 0 Å². The summed E-state index contributed by atoms with van der Waals surface area (Å²) in [5.74, 6) is 2.77. The average molecular weight is 343 g/mol. The first-order valence-electron chi connectivity index (χ1n) is 7.98. The van der Waals surface area contributed by atoms with Gasteiger partial charge >= 0.3 is 0 Å². The van der Waals surface area contributed by atoms with Crippen molar-refractivity contribution in [2.75, 3.05) is 21.0 Å².